The largest absolute Gasteiger partial charge is 0.493 e. The van der Waals surface area contributed by atoms with Crippen LogP contribution in [0.3, 0.4) is 0 Å². The Bertz CT molecular complexity index is 1100. The van der Waals surface area contributed by atoms with Crippen LogP contribution < -0.4 is 15.4 Å². The van der Waals surface area contributed by atoms with Gasteiger partial charge in [0.1, 0.15) is 5.75 Å². The van der Waals surface area contributed by atoms with E-state index in [1.54, 1.807) is 18.3 Å². The molecule has 0 radical (unpaired) electrons. The molecule has 2 heterocycles. The number of nitrogens with one attached hydrogen (secondary N) is 2. The Morgan fingerprint density at radius 2 is 1.97 bits per heavy atom. The second kappa shape index (κ2) is 11.0. The molecule has 1 aromatic carbocycles. The van der Waals surface area contributed by atoms with Crippen LogP contribution in [-0.2, 0) is 6.18 Å². The van der Waals surface area contributed by atoms with E-state index < -0.39 is 17.6 Å². The van der Waals surface area contributed by atoms with E-state index in [2.05, 4.69) is 15.6 Å². The third-order valence-electron chi connectivity index (χ3n) is 4.63. The fourth-order valence-corrected chi connectivity index (χ4v) is 3.19. The molecule has 0 fully saturated rings. The summed E-state index contributed by atoms with van der Waals surface area (Å²) in [7, 11) is 0. The van der Waals surface area contributed by atoms with E-state index in [1.807, 2.05) is 6.92 Å². The van der Waals surface area contributed by atoms with Gasteiger partial charge in [-0.2, -0.15) is 13.2 Å². The number of benzene rings is 1. The Hall–Kier alpha value is -3.40. The number of carbonyl (C=O) groups is 1. The van der Waals surface area contributed by atoms with E-state index in [-0.39, 0.29) is 28.7 Å². The molecule has 10 heteroatoms. The van der Waals surface area contributed by atoms with Crippen LogP contribution in [0.4, 0.5) is 18.9 Å². The van der Waals surface area contributed by atoms with Crippen molar-refractivity contribution in [2.75, 3.05) is 11.9 Å². The van der Waals surface area contributed by atoms with Crippen molar-refractivity contribution in [1.82, 2.24) is 10.3 Å². The molecule has 0 aliphatic carbocycles. The molecule has 1 amide bonds. The number of ether oxygens (including phenoxy) is 1. The average molecular weight is 478 g/mol. The van der Waals surface area contributed by atoms with Crippen LogP contribution in [0.15, 0.2) is 59.7 Å². The molecule has 3 rings (SSSR count). The van der Waals surface area contributed by atoms with E-state index in [1.165, 1.54) is 30.9 Å². The SMILES string of the molecule is CCCCCOc1ccc(NC(=S)NC(=O)c2cncc(-c3ccoc3)c2)cc1C(F)(F)F. The number of aromatic nitrogens is 1. The number of alkyl halides is 3. The molecule has 0 aliphatic rings. The van der Waals surface area contributed by atoms with Crippen molar-refractivity contribution >= 4 is 28.9 Å². The lowest BCUT2D eigenvalue weighted by Gasteiger charge is -2.16. The summed E-state index contributed by atoms with van der Waals surface area (Å²) in [5.41, 5.74) is 0.785. The zero-order valence-electron chi connectivity index (χ0n) is 17.7. The summed E-state index contributed by atoms with van der Waals surface area (Å²) in [6, 6.07) is 6.86. The lowest BCUT2D eigenvalue weighted by Crippen LogP contribution is -2.34. The van der Waals surface area contributed by atoms with Crippen molar-refractivity contribution in [2.24, 2.45) is 0 Å². The van der Waals surface area contributed by atoms with Crippen LogP contribution in [0.5, 0.6) is 5.75 Å². The number of rotatable bonds is 8. The lowest BCUT2D eigenvalue weighted by molar-refractivity contribution is -0.138. The van der Waals surface area contributed by atoms with Gasteiger partial charge in [-0.25, -0.2) is 0 Å². The fraction of sp³-hybridized carbons (Fsp3) is 0.261. The topological polar surface area (TPSA) is 76.4 Å². The van der Waals surface area contributed by atoms with E-state index in [4.69, 9.17) is 21.4 Å². The van der Waals surface area contributed by atoms with E-state index in [0.29, 0.717) is 12.0 Å². The second-order valence-corrected chi connectivity index (χ2v) is 7.56. The minimum Gasteiger partial charge on any atom is -0.493 e. The molecule has 0 spiro atoms. The number of halogens is 3. The van der Waals surface area contributed by atoms with Gasteiger partial charge in [0, 0.05) is 29.2 Å². The summed E-state index contributed by atoms with van der Waals surface area (Å²) in [6.45, 7) is 2.19. The molecule has 0 saturated heterocycles. The Morgan fingerprint density at radius 3 is 2.67 bits per heavy atom. The van der Waals surface area contributed by atoms with E-state index >= 15 is 0 Å². The maximum atomic E-state index is 13.5. The molecule has 0 unspecified atom stereocenters. The summed E-state index contributed by atoms with van der Waals surface area (Å²) < 4.78 is 50.9. The Kier molecular flexibility index (Phi) is 8.05. The summed E-state index contributed by atoms with van der Waals surface area (Å²) in [5.74, 6) is -0.807. The number of furan rings is 1. The number of pyridine rings is 1. The Labute approximate surface area is 194 Å². The Balaban J connectivity index is 1.67. The van der Waals surface area contributed by atoms with Gasteiger partial charge in [-0.1, -0.05) is 19.8 Å². The van der Waals surface area contributed by atoms with Crippen molar-refractivity contribution in [3.63, 3.8) is 0 Å². The van der Waals surface area contributed by atoms with Crippen molar-refractivity contribution in [3.8, 4) is 16.9 Å². The summed E-state index contributed by atoms with van der Waals surface area (Å²) in [6.07, 6.45) is 3.80. The quantitative estimate of drug-likeness (QED) is 0.304. The third kappa shape index (κ3) is 6.79. The van der Waals surface area contributed by atoms with Gasteiger partial charge < -0.3 is 14.5 Å². The van der Waals surface area contributed by atoms with Crippen LogP contribution in [0, 0.1) is 0 Å². The second-order valence-electron chi connectivity index (χ2n) is 7.15. The first-order valence-electron chi connectivity index (χ1n) is 10.2. The molecular weight excluding hydrogens is 455 g/mol. The van der Waals surface area contributed by atoms with Crippen LogP contribution in [0.1, 0.15) is 42.1 Å². The predicted octanol–water partition coefficient (Wildman–Crippen LogP) is 6.06. The zero-order valence-corrected chi connectivity index (χ0v) is 18.6. The van der Waals surface area contributed by atoms with Gasteiger partial charge in [-0.15, -0.1) is 0 Å². The Morgan fingerprint density at radius 1 is 1.15 bits per heavy atom. The molecule has 2 N–H and O–H groups in total. The zero-order chi connectivity index (χ0) is 23.8. The first-order valence-corrected chi connectivity index (χ1v) is 10.6. The highest BCUT2D eigenvalue weighted by atomic mass is 32.1. The number of anilines is 1. The molecule has 0 saturated carbocycles. The van der Waals surface area contributed by atoms with Gasteiger partial charge >= 0.3 is 6.18 Å². The maximum Gasteiger partial charge on any atom is 0.420 e. The van der Waals surface area contributed by atoms with Gasteiger partial charge in [0.15, 0.2) is 5.11 Å². The van der Waals surface area contributed by atoms with Crippen molar-refractivity contribution < 1.29 is 27.1 Å². The number of carbonyl (C=O) groups excluding carboxylic acids is 1. The lowest BCUT2D eigenvalue weighted by atomic mass is 10.1. The maximum absolute atomic E-state index is 13.5. The van der Waals surface area contributed by atoms with E-state index in [0.717, 1.165) is 24.5 Å². The van der Waals surface area contributed by atoms with Crippen molar-refractivity contribution in [3.05, 3.63) is 66.4 Å². The van der Waals surface area contributed by atoms with Gasteiger partial charge in [0.05, 0.1) is 30.3 Å². The number of nitrogens with zero attached hydrogens (tertiary/aromatic N) is 1. The number of hydrogen-bond acceptors (Lipinski definition) is 5. The summed E-state index contributed by atoms with van der Waals surface area (Å²) >= 11 is 5.10. The van der Waals surface area contributed by atoms with Crippen molar-refractivity contribution in [1.29, 1.82) is 0 Å². The monoisotopic (exact) mass is 477 g/mol. The average Bonchev–Trinajstić information content (AvgIpc) is 3.32. The molecular formula is C23H22F3N3O3S. The molecule has 0 aliphatic heterocycles. The minimum atomic E-state index is -4.61. The van der Waals surface area contributed by atoms with Crippen molar-refractivity contribution in [2.45, 2.75) is 32.4 Å². The molecule has 0 bridgehead atoms. The van der Waals surface area contributed by atoms with Gasteiger partial charge in [-0.05, 0) is 49.0 Å². The van der Waals surface area contributed by atoms with Crippen LogP contribution in [0.2, 0.25) is 0 Å². The first kappa shape index (κ1) is 24.2. The smallest absolute Gasteiger partial charge is 0.420 e. The third-order valence-corrected chi connectivity index (χ3v) is 4.83. The number of unbranched alkanes of at least 4 members (excludes halogenated alkanes) is 2. The molecule has 0 atom stereocenters. The molecule has 33 heavy (non-hydrogen) atoms. The summed E-state index contributed by atoms with van der Waals surface area (Å²) in [5, 5.41) is 4.90. The van der Waals surface area contributed by atoms with Crippen LogP contribution in [0.25, 0.3) is 11.1 Å². The number of hydrogen-bond donors (Lipinski definition) is 2. The minimum absolute atomic E-state index is 0.0683. The fourth-order valence-electron chi connectivity index (χ4n) is 2.98. The first-order chi connectivity index (χ1) is 15.8. The van der Waals surface area contributed by atoms with E-state index in [9.17, 15) is 18.0 Å². The van der Waals surface area contributed by atoms with Gasteiger partial charge in [0.2, 0.25) is 0 Å². The molecule has 6 nitrogen and oxygen atoms in total. The predicted molar refractivity (Wildman–Crippen MR) is 122 cm³/mol. The highest BCUT2D eigenvalue weighted by Gasteiger charge is 2.34. The molecule has 174 valence electrons. The normalized spacial score (nSPS) is 11.2. The number of amides is 1. The number of thiocarbonyl (C=S) groups is 1. The summed E-state index contributed by atoms with van der Waals surface area (Å²) in [4.78, 5) is 16.5. The van der Waals surface area contributed by atoms with Gasteiger partial charge in [0.25, 0.3) is 5.91 Å². The highest BCUT2D eigenvalue weighted by molar-refractivity contribution is 7.80. The molecule has 3 aromatic rings. The van der Waals surface area contributed by atoms with Crippen LogP contribution >= 0.6 is 12.2 Å². The van der Waals surface area contributed by atoms with Gasteiger partial charge in [-0.3, -0.25) is 15.1 Å². The standard InChI is InChI=1S/C23H22F3N3O3S/c1-2-3-4-8-32-20-6-5-18(11-19(20)23(24,25)26)28-22(33)29-21(30)17-10-16(12-27-13-17)15-7-9-31-14-15/h5-7,9-14H,2-4,8H2,1H3,(H2,28,29,30,33). The molecule has 2 aromatic heterocycles. The van der Waals surface area contributed by atoms with Crippen LogP contribution in [-0.4, -0.2) is 22.6 Å². The highest BCUT2D eigenvalue weighted by Crippen LogP contribution is 2.38.